The van der Waals surface area contributed by atoms with Gasteiger partial charge in [0, 0.05) is 0 Å². The molecule has 2 heterocycles. The largest absolute Gasteiger partial charge is 0.464 e. The second-order valence-corrected chi connectivity index (χ2v) is 5.60. The maximum absolute atomic E-state index is 9.98. The molecule has 8 heteroatoms. The van der Waals surface area contributed by atoms with E-state index in [1.165, 1.54) is 0 Å². The molecule has 2 aliphatic rings. The van der Waals surface area contributed by atoms with Crippen molar-refractivity contribution in [1.82, 2.24) is 0 Å². The molecular formula is C14H16ClNO6. The molecule has 0 spiro atoms. The molecule has 3 rings (SSSR count). The molecule has 0 bridgehead atoms. The van der Waals surface area contributed by atoms with Gasteiger partial charge in [0.05, 0.1) is 28.8 Å². The SMILES string of the molecule is OC[C@@H]1O[C@@H](OC2=c3c(Cl)cccc3=NC2)[C@@H](O)[C@H](O)[C@@H]1O. The third kappa shape index (κ3) is 2.60. The average Bonchev–Trinajstić information content (AvgIpc) is 2.92. The van der Waals surface area contributed by atoms with E-state index in [1.807, 2.05) is 0 Å². The summed E-state index contributed by atoms with van der Waals surface area (Å²) in [5, 5.41) is 40.4. The molecule has 5 atom stereocenters. The Labute approximate surface area is 130 Å². The zero-order valence-corrected chi connectivity index (χ0v) is 12.2. The summed E-state index contributed by atoms with van der Waals surface area (Å²) >= 11 is 6.13. The number of hydrogen-bond donors (Lipinski definition) is 4. The summed E-state index contributed by atoms with van der Waals surface area (Å²) in [6, 6.07) is 5.24. The van der Waals surface area contributed by atoms with Crippen molar-refractivity contribution in [2.24, 2.45) is 4.99 Å². The molecule has 4 N–H and O–H groups in total. The minimum Gasteiger partial charge on any atom is -0.464 e. The van der Waals surface area contributed by atoms with E-state index in [2.05, 4.69) is 4.99 Å². The Morgan fingerprint density at radius 2 is 2.00 bits per heavy atom. The first-order chi connectivity index (χ1) is 10.5. The molecule has 0 saturated carbocycles. The van der Waals surface area contributed by atoms with E-state index in [4.69, 9.17) is 26.2 Å². The molecule has 0 radical (unpaired) electrons. The minimum atomic E-state index is -1.49. The van der Waals surface area contributed by atoms with Crippen molar-refractivity contribution < 1.29 is 29.9 Å². The Kier molecular flexibility index (Phi) is 4.35. The van der Waals surface area contributed by atoms with Gasteiger partial charge in [-0.15, -0.1) is 0 Å². The van der Waals surface area contributed by atoms with Crippen LogP contribution >= 0.6 is 11.6 Å². The van der Waals surface area contributed by atoms with Gasteiger partial charge < -0.3 is 29.9 Å². The molecule has 1 fully saturated rings. The van der Waals surface area contributed by atoms with Crippen molar-refractivity contribution in [3.8, 4) is 0 Å². The number of hydrogen-bond acceptors (Lipinski definition) is 7. The van der Waals surface area contributed by atoms with Gasteiger partial charge in [-0.1, -0.05) is 17.7 Å². The molecule has 22 heavy (non-hydrogen) atoms. The summed E-state index contributed by atoms with van der Waals surface area (Å²) in [5.74, 6) is 0.407. The number of halogens is 1. The molecule has 0 amide bonds. The van der Waals surface area contributed by atoms with Gasteiger partial charge in [0.15, 0.2) is 0 Å². The molecule has 1 aromatic carbocycles. The summed E-state index contributed by atoms with van der Waals surface area (Å²) in [5.41, 5.74) is 0. The highest BCUT2D eigenvalue weighted by Gasteiger charge is 2.45. The fourth-order valence-electron chi connectivity index (χ4n) is 2.56. The number of aliphatic hydroxyl groups is 4. The van der Waals surface area contributed by atoms with Crippen LogP contribution in [-0.4, -0.2) is 64.3 Å². The fourth-order valence-corrected chi connectivity index (χ4v) is 2.83. The summed E-state index contributed by atoms with van der Waals surface area (Å²) in [6.45, 7) is -0.282. The monoisotopic (exact) mass is 329 g/mol. The normalized spacial score (nSPS) is 34.2. The second kappa shape index (κ2) is 6.11. The van der Waals surface area contributed by atoms with E-state index >= 15 is 0 Å². The summed E-state index contributed by atoms with van der Waals surface area (Å²) in [6.07, 6.45) is -6.62. The van der Waals surface area contributed by atoms with Gasteiger partial charge in [0.1, 0.15) is 30.2 Å². The van der Waals surface area contributed by atoms with Crippen LogP contribution in [-0.2, 0) is 9.47 Å². The molecule has 0 unspecified atom stereocenters. The predicted molar refractivity (Wildman–Crippen MR) is 75.4 cm³/mol. The van der Waals surface area contributed by atoms with E-state index in [9.17, 15) is 15.3 Å². The van der Waals surface area contributed by atoms with Crippen LogP contribution in [0.4, 0.5) is 0 Å². The van der Waals surface area contributed by atoms with Gasteiger partial charge >= 0.3 is 0 Å². The van der Waals surface area contributed by atoms with Crippen LogP contribution in [0.5, 0.6) is 0 Å². The van der Waals surface area contributed by atoms with E-state index < -0.39 is 37.3 Å². The zero-order valence-electron chi connectivity index (χ0n) is 11.5. The van der Waals surface area contributed by atoms with Crippen molar-refractivity contribution in [1.29, 1.82) is 0 Å². The Hall–Kier alpha value is -1.22. The van der Waals surface area contributed by atoms with Gasteiger partial charge in [-0.25, -0.2) is 0 Å². The zero-order chi connectivity index (χ0) is 15.9. The highest BCUT2D eigenvalue weighted by molar-refractivity contribution is 6.30. The standard InChI is InChI=1S/C14H16ClNO6/c15-6-2-1-3-7-10(6)8(4-16-7)21-14-13(20)12(19)11(18)9(5-17)22-14/h1-3,9,11-14,17-20H,4-5H2/t9-,11+,12+,13-,14+/m0/s1. The molecule has 0 aliphatic carbocycles. The van der Waals surface area contributed by atoms with Crippen LogP contribution in [0.25, 0.3) is 5.76 Å². The highest BCUT2D eigenvalue weighted by atomic mass is 35.5. The van der Waals surface area contributed by atoms with E-state index in [0.29, 0.717) is 21.4 Å². The van der Waals surface area contributed by atoms with Crippen LogP contribution in [0.3, 0.4) is 0 Å². The van der Waals surface area contributed by atoms with Crippen LogP contribution in [0, 0.1) is 0 Å². The number of rotatable bonds is 3. The quantitative estimate of drug-likeness (QED) is 0.505. The summed E-state index contributed by atoms with van der Waals surface area (Å²) < 4.78 is 10.9. The van der Waals surface area contributed by atoms with Crippen molar-refractivity contribution in [3.63, 3.8) is 0 Å². The number of fused-ring (bicyclic) bond motifs is 1. The highest BCUT2D eigenvalue weighted by Crippen LogP contribution is 2.24. The molecular weight excluding hydrogens is 314 g/mol. The van der Waals surface area contributed by atoms with E-state index in [1.54, 1.807) is 18.2 Å². The summed E-state index contributed by atoms with van der Waals surface area (Å²) in [7, 11) is 0. The van der Waals surface area contributed by atoms with Gasteiger partial charge in [-0.05, 0) is 12.1 Å². The number of aliphatic hydroxyl groups excluding tert-OH is 4. The van der Waals surface area contributed by atoms with Crippen molar-refractivity contribution in [2.75, 3.05) is 13.2 Å². The van der Waals surface area contributed by atoms with E-state index in [0.717, 1.165) is 0 Å². The van der Waals surface area contributed by atoms with E-state index in [-0.39, 0.29) is 6.54 Å². The topological polar surface area (TPSA) is 112 Å². The maximum Gasteiger partial charge on any atom is 0.228 e. The Bertz CT molecular complexity index is 678. The predicted octanol–water partition coefficient (Wildman–Crippen LogP) is -2.10. The van der Waals surface area contributed by atoms with Crippen molar-refractivity contribution in [3.05, 3.63) is 33.8 Å². The molecule has 7 nitrogen and oxygen atoms in total. The molecule has 2 aliphatic heterocycles. The Morgan fingerprint density at radius 3 is 2.73 bits per heavy atom. The summed E-state index contributed by atoms with van der Waals surface area (Å²) in [4.78, 5) is 4.26. The first kappa shape index (κ1) is 15.7. The lowest BCUT2D eigenvalue weighted by Gasteiger charge is -2.39. The minimum absolute atomic E-state index is 0.230. The lowest BCUT2D eigenvalue weighted by Crippen LogP contribution is -2.59. The third-order valence-corrected chi connectivity index (χ3v) is 4.09. The van der Waals surface area contributed by atoms with Crippen LogP contribution in [0.15, 0.2) is 23.2 Å². The number of benzene rings is 1. The Balaban J connectivity index is 1.89. The van der Waals surface area contributed by atoms with Crippen LogP contribution in [0.1, 0.15) is 0 Å². The third-order valence-electron chi connectivity index (χ3n) is 3.77. The van der Waals surface area contributed by atoms with Gasteiger partial charge in [-0.3, -0.25) is 4.99 Å². The van der Waals surface area contributed by atoms with Crippen LogP contribution in [0.2, 0.25) is 5.02 Å². The molecule has 0 aromatic heterocycles. The fraction of sp³-hybridized carbons (Fsp3) is 0.500. The molecule has 1 saturated heterocycles. The lowest BCUT2D eigenvalue weighted by atomic mass is 9.99. The molecule has 120 valence electrons. The first-order valence-electron chi connectivity index (χ1n) is 6.82. The van der Waals surface area contributed by atoms with Crippen LogP contribution < -0.4 is 10.6 Å². The number of ether oxygens (including phenoxy) is 2. The maximum atomic E-state index is 9.98. The second-order valence-electron chi connectivity index (χ2n) is 5.19. The Morgan fingerprint density at radius 1 is 1.23 bits per heavy atom. The average molecular weight is 330 g/mol. The van der Waals surface area contributed by atoms with Gasteiger partial charge in [-0.2, -0.15) is 0 Å². The smallest absolute Gasteiger partial charge is 0.228 e. The van der Waals surface area contributed by atoms with Gasteiger partial charge in [0.2, 0.25) is 6.29 Å². The number of nitrogens with zero attached hydrogens (tertiary/aromatic N) is 1. The van der Waals surface area contributed by atoms with Crippen molar-refractivity contribution >= 4 is 17.4 Å². The van der Waals surface area contributed by atoms with Crippen molar-refractivity contribution in [2.45, 2.75) is 30.7 Å². The molecule has 1 aromatic rings. The van der Waals surface area contributed by atoms with Gasteiger partial charge in [0.25, 0.3) is 0 Å². The first-order valence-corrected chi connectivity index (χ1v) is 7.20. The lowest BCUT2D eigenvalue weighted by molar-refractivity contribution is -0.284.